The Hall–Kier alpha value is -1.31. The maximum Gasteiger partial charge on any atom is 0.223 e. The fourth-order valence-electron chi connectivity index (χ4n) is 2.36. The van der Waals surface area contributed by atoms with Gasteiger partial charge in [-0.2, -0.15) is 0 Å². The van der Waals surface area contributed by atoms with E-state index in [1.165, 1.54) is 17.5 Å². The van der Waals surface area contributed by atoms with Crippen LogP contribution in [0.25, 0.3) is 0 Å². The third-order valence-electron chi connectivity index (χ3n) is 4.11. The third kappa shape index (κ3) is 3.37. The van der Waals surface area contributed by atoms with Crippen LogP contribution < -0.4 is 5.32 Å². The first-order chi connectivity index (χ1) is 8.88. The van der Waals surface area contributed by atoms with Gasteiger partial charge in [0.2, 0.25) is 5.91 Å². The van der Waals surface area contributed by atoms with Crippen molar-refractivity contribution in [3.8, 4) is 0 Å². The molecule has 0 saturated heterocycles. The minimum absolute atomic E-state index is 0.0992. The first-order valence-electron chi connectivity index (χ1n) is 7.29. The minimum Gasteiger partial charge on any atom is -0.349 e. The lowest BCUT2D eigenvalue weighted by Gasteiger charge is -2.26. The summed E-state index contributed by atoms with van der Waals surface area (Å²) in [4.78, 5) is 11.9. The molecule has 1 N–H and O–H groups in total. The van der Waals surface area contributed by atoms with Crippen molar-refractivity contribution in [2.24, 2.45) is 5.92 Å². The van der Waals surface area contributed by atoms with Crippen LogP contribution in [0.2, 0.25) is 0 Å². The van der Waals surface area contributed by atoms with Gasteiger partial charge >= 0.3 is 0 Å². The molecule has 0 bridgehead atoms. The normalized spacial score (nSPS) is 17.7. The summed E-state index contributed by atoms with van der Waals surface area (Å²) in [6, 6.07) is 8.70. The topological polar surface area (TPSA) is 29.1 Å². The van der Waals surface area contributed by atoms with Crippen molar-refractivity contribution in [2.75, 3.05) is 0 Å². The van der Waals surface area contributed by atoms with E-state index in [-0.39, 0.29) is 23.3 Å². The van der Waals surface area contributed by atoms with E-state index in [2.05, 4.69) is 57.3 Å². The second kappa shape index (κ2) is 5.36. The van der Waals surface area contributed by atoms with Gasteiger partial charge in [-0.1, -0.05) is 51.5 Å². The Morgan fingerprint density at radius 3 is 2.21 bits per heavy atom. The smallest absolute Gasteiger partial charge is 0.223 e. The van der Waals surface area contributed by atoms with Gasteiger partial charge in [0.15, 0.2) is 0 Å². The standard InChI is InChI=1S/C17H25NO/c1-12(18-16(19)14-6-5-7-14)13-8-10-15(11-9-13)17(2,3)4/h8-12,14H,5-7H2,1-4H3,(H,18,19). The van der Waals surface area contributed by atoms with Gasteiger partial charge in [-0.15, -0.1) is 0 Å². The zero-order valence-electron chi connectivity index (χ0n) is 12.5. The fourth-order valence-corrected chi connectivity index (χ4v) is 2.36. The number of hydrogen-bond donors (Lipinski definition) is 1. The average Bonchev–Trinajstić information content (AvgIpc) is 2.25. The number of carbonyl (C=O) groups is 1. The van der Waals surface area contributed by atoms with Crippen LogP contribution in [0.3, 0.4) is 0 Å². The van der Waals surface area contributed by atoms with Gasteiger partial charge in [-0.3, -0.25) is 4.79 Å². The van der Waals surface area contributed by atoms with Gasteiger partial charge < -0.3 is 5.32 Å². The first kappa shape index (κ1) is 14.1. The monoisotopic (exact) mass is 259 g/mol. The summed E-state index contributed by atoms with van der Waals surface area (Å²) >= 11 is 0. The molecule has 1 aromatic rings. The summed E-state index contributed by atoms with van der Waals surface area (Å²) in [6.07, 6.45) is 3.32. The van der Waals surface area contributed by atoms with Crippen LogP contribution in [-0.2, 0) is 10.2 Å². The lowest BCUT2D eigenvalue weighted by Crippen LogP contribution is -2.35. The minimum atomic E-state index is 0.0992. The molecule has 2 rings (SSSR count). The van der Waals surface area contributed by atoms with Crippen molar-refractivity contribution in [1.29, 1.82) is 0 Å². The first-order valence-corrected chi connectivity index (χ1v) is 7.29. The Kier molecular flexibility index (Phi) is 3.98. The summed E-state index contributed by atoms with van der Waals surface area (Å²) in [5.74, 6) is 0.481. The van der Waals surface area contributed by atoms with Gasteiger partial charge in [0.25, 0.3) is 0 Å². The molecule has 1 unspecified atom stereocenters. The molecule has 2 nitrogen and oxygen atoms in total. The number of hydrogen-bond acceptors (Lipinski definition) is 1. The van der Waals surface area contributed by atoms with E-state index >= 15 is 0 Å². The maximum atomic E-state index is 11.9. The average molecular weight is 259 g/mol. The molecule has 0 aliphatic heterocycles. The predicted molar refractivity (Wildman–Crippen MR) is 79.0 cm³/mol. The van der Waals surface area contributed by atoms with E-state index in [0.29, 0.717) is 0 Å². The fraction of sp³-hybridized carbons (Fsp3) is 0.588. The van der Waals surface area contributed by atoms with Gasteiger partial charge in [-0.25, -0.2) is 0 Å². The Labute approximate surface area is 116 Å². The van der Waals surface area contributed by atoms with Crippen molar-refractivity contribution >= 4 is 5.91 Å². The summed E-state index contributed by atoms with van der Waals surface area (Å²) in [5, 5.41) is 3.12. The summed E-state index contributed by atoms with van der Waals surface area (Å²) in [6.45, 7) is 8.69. The second-order valence-electron chi connectivity index (χ2n) is 6.73. The molecule has 1 aromatic carbocycles. The summed E-state index contributed by atoms with van der Waals surface area (Å²) in [5.41, 5.74) is 2.69. The Bertz CT molecular complexity index is 437. The maximum absolute atomic E-state index is 11.9. The molecular weight excluding hydrogens is 234 g/mol. The van der Waals surface area contributed by atoms with Gasteiger partial charge in [0.1, 0.15) is 0 Å². The highest BCUT2D eigenvalue weighted by atomic mass is 16.1. The molecule has 0 radical (unpaired) electrons. The van der Waals surface area contributed by atoms with Crippen LogP contribution in [0.4, 0.5) is 0 Å². The number of rotatable bonds is 3. The number of amides is 1. The van der Waals surface area contributed by atoms with Crippen molar-refractivity contribution < 1.29 is 4.79 Å². The van der Waals surface area contributed by atoms with Crippen molar-refractivity contribution in [3.63, 3.8) is 0 Å². The zero-order valence-corrected chi connectivity index (χ0v) is 12.5. The van der Waals surface area contributed by atoms with Gasteiger partial charge in [-0.05, 0) is 36.3 Å². The lowest BCUT2D eigenvalue weighted by molar-refractivity contribution is -0.128. The van der Waals surface area contributed by atoms with E-state index in [1.807, 2.05) is 0 Å². The highest BCUT2D eigenvalue weighted by molar-refractivity contribution is 5.79. The lowest BCUT2D eigenvalue weighted by atomic mass is 9.84. The SMILES string of the molecule is CC(NC(=O)C1CCC1)c1ccc(C(C)(C)C)cc1. The third-order valence-corrected chi connectivity index (χ3v) is 4.11. The molecule has 1 aliphatic carbocycles. The van der Waals surface area contributed by atoms with Crippen molar-refractivity contribution in [2.45, 2.75) is 58.4 Å². The Balaban J connectivity index is 1.99. The molecule has 19 heavy (non-hydrogen) atoms. The molecule has 0 aromatic heterocycles. The number of benzene rings is 1. The molecule has 2 heteroatoms. The van der Waals surface area contributed by atoms with Crippen LogP contribution in [0.5, 0.6) is 0 Å². The van der Waals surface area contributed by atoms with Crippen LogP contribution in [0.1, 0.15) is 64.1 Å². The van der Waals surface area contributed by atoms with E-state index in [0.717, 1.165) is 12.8 Å². The van der Waals surface area contributed by atoms with Gasteiger partial charge in [0.05, 0.1) is 6.04 Å². The largest absolute Gasteiger partial charge is 0.349 e. The van der Waals surface area contributed by atoms with Crippen LogP contribution in [-0.4, -0.2) is 5.91 Å². The quantitative estimate of drug-likeness (QED) is 0.874. The van der Waals surface area contributed by atoms with E-state index in [9.17, 15) is 4.79 Å². The summed E-state index contributed by atoms with van der Waals surface area (Å²) in [7, 11) is 0. The highest BCUT2D eigenvalue weighted by Crippen LogP contribution is 2.28. The zero-order chi connectivity index (χ0) is 14.0. The Morgan fingerprint density at radius 1 is 1.21 bits per heavy atom. The van der Waals surface area contributed by atoms with E-state index < -0.39 is 0 Å². The van der Waals surface area contributed by atoms with Crippen molar-refractivity contribution in [1.82, 2.24) is 5.32 Å². The van der Waals surface area contributed by atoms with Crippen LogP contribution in [0.15, 0.2) is 24.3 Å². The number of nitrogens with one attached hydrogen (secondary N) is 1. The molecular formula is C17H25NO. The van der Waals surface area contributed by atoms with Crippen LogP contribution >= 0.6 is 0 Å². The van der Waals surface area contributed by atoms with Gasteiger partial charge in [0, 0.05) is 5.92 Å². The second-order valence-corrected chi connectivity index (χ2v) is 6.73. The molecule has 1 aliphatic rings. The molecule has 1 atom stereocenters. The number of carbonyl (C=O) groups excluding carboxylic acids is 1. The van der Waals surface area contributed by atoms with E-state index in [1.54, 1.807) is 0 Å². The molecule has 1 saturated carbocycles. The summed E-state index contributed by atoms with van der Waals surface area (Å²) < 4.78 is 0. The van der Waals surface area contributed by atoms with E-state index in [4.69, 9.17) is 0 Å². The Morgan fingerprint density at radius 2 is 1.79 bits per heavy atom. The molecule has 1 amide bonds. The van der Waals surface area contributed by atoms with Crippen LogP contribution in [0, 0.1) is 5.92 Å². The molecule has 0 heterocycles. The molecule has 104 valence electrons. The molecule has 0 spiro atoms. The van der Waals surface area contributed by atoms with Crippen molar-refractivity contribution in [3.05, 3.63) is 35.4 Å². The molecule has 1 fully saturated rings. The predicted octanol–water partition coefficient (Wildman–Crippen LogP) is 3.96. The highest BCUT2D eigenvalue weighted by Gasteiger charge is 2.26.